The molecule has 6 heteroatoms. The van der Waals surface area contributed by atoms with Gasteiger partial charge in [0.15, 0.2) is 0 Å². The van der Waals surface area contributed by atoms with Crippen LogP contribution < -0.4 is 10.1 Å². The van der Waals surface area contributed by atoms with Crippen LogP contribution in [0.5, 0.6) is 5.75 Å². The van der Waals surface area contributed by atoms with Crippen LogP contribution in [0.1, 0.15) is 34.8 Å². The Morgan fingerprint density at radius 3 is 2.89 bits per heavy atom. The molecule has 0 fully saturated rings. The Labute approximate surface area is 162 Å². The molecule has 3 aromatic rings. The van der Waals surface area contributed by atoms with Gasteiger partial charge in [0.2, 0.25) is 5.91 Å². The molecule has 0 saturated carbocycles. The lowest BCUT2D eigenvalue weighted by Crippen LogP contribution is -2.24. The van der Waals surface area contributed by atoms with Crippen molar-refractivity contribution < 1.29 is 9.53 Å². The summed E-state index contributed by atoms with van der Waals surface area (Å²) in [7, 11) is 0. The SMILES string of the molecule is Cc1nc(COc2ccccc2/C=C/C(=O)NC(C)c2cccnc2)cs1. The molecule has 0 aliphatic heterocycles. The molecule has 1 atom stereocenters. The van der Waals surface area contributed by atoms with E-state index in [1.165, 1.54) is 6.08 Å². The maximum atomic E-state index is 12.2. The topological polar surface area (TPSA) is 64.1 Å². The second-order valence-electron chi connectivity index (χ2n) is 6.03. The molecule has 27 heavy (non-hydrogen) atoms. The number of aromatic nitrogens is 2. The maximum Gasteiger partial charge on any atom is 0.244 e. The Bertz CT molecular complexity index is 922. The van der Waals surface area contributed by atoms with Gasteiger partial charge in [-0.2, -0.15) is 0 Å². The van der Waals surface area contributed by atoms with Gasteiger partial charge in [0.25, 0.3) is 0 Å². The third-order valence-corrected chi connectivity index (χ3v) is 4.74. The molecule has 1 unspecified atom stereocenters. The second-order valence-corrected chi connectivity index (χ2v) is 7.10. The number of thiazole rings is 1. The zero-order valence-electron chi connectivity index (χ0n) is 15.3. The van der Waals surface area contributed by atoms with Gasteiger partial charge in [-0.3, -0.25) is 9.78 Å². The van der Waals surface area contributed by atoms with Crippen molar-refractivity contribution in [3.05, 3.63) is 82.1 Å². The maximum absolute atomic E-state index is 12.2. The fourth-order valence-corrected chi connectivity index (χ4v) is 3.12. The molecule has 0 bridgehead atoms. The van der Waals surface area contributed by atoms with Crippen LogP contribution in [0, 0.1) is 6.92 Å². The van der Waals surface area contributed by atoms with Crippen molar-refractivity contribution in [1.82, 2.24) is 15.3 Å². The first-order valence-corrected chi connectivity index (χ1v) is 9.51. The zero-order chi connectivity index (χ0) is 19.1. The van der Waals surface area contributed by atoms with E-state index in [1.807, 2.05) is 55.6 Å². The van der Waals surface area contributed by atoms with Crippen molar-refractivity contribution in [2.75, 3.05) is 0 Å². The van der Waals surface area contributed by atoms with Crippen LogP contribution >= 0.6 is 11.3 Å². The zero-order valence-corrected chi connectivity index (χ0v) is 16.1. The average Bonchev–Trinajstić information content (AvgIpc) is 3.11. The fourth-order valence-electron chi connectivity index (χ4n) is 2.52. The van der Waals surface area contributed by atoms with Crippen LogP contribution in [0.15, 0.2) is 60.2 Å². The molecule has 138 valence electrons. The molecule has 1 N–H and O–H groups in total. The first kappa shape index (κ1) is 18.8. The van der Waals surface area contributed by atoms with E-state index in [0.29, 0.717) is 12.4 Å². The molecule has 0 spiro atoms. The van der Waals surface area contributed by atoms with Gasteiger partial charge in [0, 0.05) is 29.4 Å². The van der Waals surface area contributed by atoms with Gasteiger partial charge in [-0.05, 0) is 37.6 Å². The molecular weight excluding hydrogens is 358 g/mol. The van der Waals surface area contributed by atoms with Gasteiger partial charge in [-0.1, -0.05) is 24.3 Å². The second kappa shape index (κ2) is 9.09. The molecule has 2 aromatic heterocycles. The van der Waals surface area contributed by atoms with Crippen molar-refractivity contribution in [3.8, 4) is 5.75 Å². The number of ether oxygens (including phenoxy) is 1. The summed E-state index contributed by atoms with van der Waals surface area (Å²) in [5.74, 6) is 0.545. The number of para-hydroxylation sites is 1. The first-order valence-electron chi connectivity index (χ1n) is 8.63. The highest BCUT2D eigenvalue weighted by Crippen LogP contribution is 2.21. The third kappa shape index (κ3) is 5.49. The van der Waals surface area contributed by atoms with Crippen LogP contribution in [0.2, 0.25) is 0 Å². The summed E-state index contributed by atoms with van der Waals surface area (Å²) < 4.78 is 5.87. The highest BCUT2D eigenvalue weighted by atomic mass is 32.1. The van der Waals surface area contributed by atoms with Gasteiger partial charge in [0.05, 0.1) is 16.7 Å². The smallest absolute Gasteiger partial charge is 0.244 e. The van der Waals surface area contributed by atoms with Crippen LogP contribution in [-0.2, 0) is 11.4 Å². The molecule has 3 rings (SSSR count). The average molecular weight is 379 g/mol. The Morgan fingerprint density at radius 2 is 2.15 bits per heavy atom. The number of hydrogen-bond acceptors (Lipinski definition) is 5. The molecule has 1 amide bonds. The van der Waals surface area contributed by atoms with Gasteiger partial charge in [-0.15, -0.1) is 11.3 Å². The molecule has 0 aliphatic rings. The fraction of sp³-hybridized carbons (Fsp3) is 0.190. The summed E-state index contributed by atoms with van der Waals surface area (Å²) in [4.78, 5) is 20.7. The van der Waals surface area contributed by atoms with E-state index in [1.54, 1.807) is 29.8 Å². The number of nitrogens with one attached hydrogen (secondary N) is 1. The quantitative estimate of drug-likeness (QED) is 0.621. The summed E-state index contributed by atoms with van der Waals surface area (Å²) in [6.07, 6.45) is 6.73. The first-order chi connectivity index (χ1) is 13.1. The van der Waals surface area contributed by atoms with Gasteiger partial charge < -0.3 is 10.1 Å². The van der Waals surface area contributed by atoms with E-state index in [0.717, 1.165) is 21.8 Å². The molecule has 1 aromatic carbocycles. The number of carbonyl (C=O) groups excluding carboxylic acids is 1. The summed E-state index contributed by atoms with van der Waals surface area (Å²) >= 11 is 1.60. The molecular formula is C21H21N3O2S. The largest absolute Gasteiger partial charge is 0.487 e. The number of pyridine rings is 1. The summed E-state index contributed by atoms with van der Waals surface area (Å²) in [6.45, 7) is 4.30. The van der Waals surface area contributed by atoms with E-state index in [4.69, 9.17) is 4.74 Å². The number of rotatable bonds is 7. The number of nitrogens with zero attached hydrogens (tertiary/aromatic N) is 2. The lowest BCUT2D eigenvalue weighted by Gasteiger charge is -2.12. The Kier molecular flexibility index (Phi) is 6.33. The molecule has 0 radical (unpaired) electrons. The minimum atomic E-state index is -0.170. The van der Waals surface area contributed by atoms with Crippen LogP contribution in [0.4, 0.5) is 0 Å². The molecule has 2 heterocycles. The summed E-state index contributed by atoms with van der Waals surface area (Å²) in [6, 6.07) is 11.3. The van der Waals surface area contributed by atoms with E-state index in [-0.39, 0.29) is 11.9 Å². The Balaban J connectivity index is 1.61. The predicted octanol–water partition coefficient (Wildman–Crippen LogP) is 4.32. The minimum absolute atomic E-state index is 0.116. The highest BCUT2D eigenvalue weighted by Gasteiger charge is 2.08. The van der Waals surface area contributed by atoms with E-state index in [2.05, 4.69) is 15.3 Å². The Hall–Kier alpha value is -2.99. The highest BCUT2D eigenvalue weighted by molar-refractivity contribution is 7.09. The lowest BCUT2D eigenvalue weighted by atomic mass is 10.1. The lowest BCUT2D eigenvalue weighted by molar-refractivity contribution is -0.117. The number of amides is 1. The van der Waals surface area contributed by atoms with E-state index < -0.39 is 0 Å². The Morgan fingerprint density at radius 1 is 1.30 bits per heavy atom. The van der Waals surface area contributed by atoms with E-state index in [9.17, 15) is 4.79 Å². The minimum Gasteiger partial charge on any atom is -0.487 e. The molecule has 0 aliphatic carbocycles. The molecule has 5 nitrogen and oxygen atoms in total. The van der Waals surface area contributed by atoms with Crippen molar-refractivity contribution in [2.45, 2.75) is 26.5 Å². The molecule has 0 saturated heterocycles. The number of aryl methyl sites for hydroxylation is 1. The predicted molar refractivity (Wildman–Crippen MR) is 107 cm³/mol. The van der Waals surface area contributed by atoms with Gasteiger partial charge in [-0.25, -0.2) is 4.98 Å². The number of carbonyl (C=O) groups is 1. The summed E-state index contributed by atoms with van der Waals surface area (Å²) in [5, 5.41) is 5.93. The third-order valence-electron chi connectivity index (χ3n) is 3.92. The number of benzene rings is 1. The van der Waals surface area contributed by atoms with Crippen LogP contribution in [0.3, 0.4) is 0 Å². The van der Waals surface area contributed by atoms with Crippen molar-refractivity contribution in [3.63, 3.8) is 0 Å². The van der Waals surface area contributed by atoms with E-state index >= 15 is 0 Å². The normalized spacial score (nSPS) is 12.1. The number of hydrogen-bond donors (Lipinski definition) is 1. The van der Waals surface area contributed by atoms with Crippen LogP contribution in [-0.4, -0.2) is 15.9 Å². The monoisotopic (exact) mass is 379 g/mol. The van der Waals surface area contributed by atoms with Crippen molar-refractivity contribution in [1.29, 1.82) is 0 Å². The van der Waals surface area contributed by atoms with Gasteiger partial charge in [0.1, 0.15) is 12.4 Å². The van der Waals surface area contributed by atoms with Crippen LogP contribution in [0.25, 0.3) is 6.08 Å². The summed E-state index contributed by atoms with van der Waals surface area (Å²) in [5.41, 5.74) is 2.70. The standard InChI is InChI=1S/C21H21N3O2S/c1-15(18-7-5-11-22-12-18)23-21(25)10-9-17-6-3-4-8-20(17)26-13-19-14-27-16(2)24-19/h3-12,14-15H,13H2,1-2H3,(H,23,25)/b10-9+. The van der Waals surface area contributed by atoms with Gasteiger partial charge >= 0.3 is 0 Å². The van der Waals surface area contributed by atoms with Crippen molar-refractivity contribution >= 4 is 23.3 Å². The van der Waals surface area contributed by atoms with Crippen molar-refractivity contribution in [2.24, 2.45) is 0 Å².